The van der Waals surface area contributed by atoms with E-state index in [4.69, 9.17) is 5.73 Å². The summed E-state index contributed by atoms with van der Waals surface area (Å²) in [6, 6.07) is 4.00. The Morgan fingerprint density at radius 1 is 1.15 bits per heavy atom. The van der Waals surface area contributed by atoms with Gasteiger partial charge in [-0.1, -0.05) is 0 Å². The van der Waals surface area contributed by atoms with Gasteiger partial charge in [0.05, 0.1) is 11.4 Å². The molecule has 2 amide bonds. The van der Waals surface area contributed by atoms with Crippen molar-refractivity contribution in [1.29, 1.82) is 0 Å². The molecule has 0 aliphatic carbocycles. The molecule has 20 heavy (non-hydrogen) atoms. The molecule has 1 fully saturated rings. The van der Waals surface area contributed by atoms with Crippen molar-refractivity contribution >= 4 is 43.9 Å². The molecule has 5 nitrogen and oxygen atoms in total. The largest absolute Gasteiger partial charge is 0.338 e. The molecule has 3 heterocycles. The summed E-state index contributed by atoms with van der Waals surface area (Å²) in [6.07, 6.45) is 0. The Morgan fingerprint density at radius 3 is 2.50 bits per heavy atom. The lowest BCUT2D eigenvalue weighted by molar-refractivity contribution is -0.131. The Kier molecular flexibility index (Phi) is 3.73. The Morgan fingerprint density at radius 2 is 1.85 bits per heavy atom. The molecule has 0 aromatic carbocycles. The molecular weight excluding hydrogens is 294 g/mol. The fraction of sp³-hybridized carbons (Fsp3) is 0.385. The number of fused-ring (bicyclic) bond motifs is 1. The molecule has 0 bridgehead atoms. The van der Waals surface area contributed by atoms with Gasteiger partial charge in [0.2, 0.25) is 5.91 Å². The monoisotopic (exact) mass is 309 g/mol. The molecule has 0 atom stereocenters. The first kappa shape index (κ1) is 13.5. The highest BCUT2D eigenvalue weighted by atomic mass is 32.1. The second kappa shape index (κ2) is 5.51. The van der Waals surface area contributed by atoms with Gasteiger partial charge in [0.25, 0.3) is 5.91 Å². The van der Waals surface area contributed by atoms with Crippen LogP contribution in [-0.4, -0.2) is 54.3 Å². The molecule has 1 aliphatic rings. The van der Waals surface area contributed by atoms with Gasteiger partial charge in [-0.3, -0.25) is 9.59 Å². The van der Waals surface area contributed by atoms with Gasteiger partial charge in [0, 0.05) is 35.6 Å². The second-order valence-electron chi connectivity index (χ2n) is 4.64. The van der Waals surface area contributed by atoms with Gasteiger partial charge in [-0.25, -0.2) is 0 Å². The minimum Gasteiger partial charge on any atom is -0.338 e. The predicted octanol–water partition coefficient (Wildman–Crippen LogP) is 1.21. The van der Waals surface area contributed by atoms with Gasteiger partial charge >= 0.3 is 0 Å². The molecule has 1 aliphatic heterocycles. The number of thiophene rings is 2. The van der Waals surface area contributed by atoms with E-state index in [0.29, 0.717) is 26.2 Å². The quantitative estimate of drug-likeness (QED) is 0.906. The minimum absolute atomic E-state index is 0.0369. The molecule has 2 aromatic rings. The maximum absolute atomic E-state index is 12.4. The number of nitrogens with two attached hydrogens (primary N) is 1. The maximum Gasteiger partial charge on any atom is 0.264 e. The van der Waals surface area contributed by atoms with Crippen molar-refractivity contribution in [3.05, 3.63) is 22.4 Å². The van der Waals surface area contributed by atoms with Crippen LogP contribution in [0.1, 0.15) is 9.67 Å². The lowest BCUT2D eigenvalue weighted by Gasteiger charge is -2.34. The first-order valence-corrected chi connectivity index (χ1v) is 8.13. The minimum atomic E-state index is -0.0475. The third-order valence-electron chi connectivity index (χ3n) is 3.44. The van der Waals surface area contributed by atoms with Gasteiger partial charge in [-0.05, 0) is 17.5 Å². The number of rotatable bonds is 2. The van der Waals surface area contributed by atoms with Gasteiger partial charge in [0.15, 0.2) is 0 Å². The van der Waals surface area contributed by atoms with Crippen molar-refractivity contribution in [2.75, 3.05) is 32.7 Å². The van der Waals surface area contributed by atoms with E-state index in [1.54, 1.807) is 16.2 Å². The van der Waals surface area contributed by atoms with E-state index in [2.05, 4.69) is 0 Å². The highest BCUT2D eigenvalue weighted by molar-refractivity contribution is 7.27. The highest BCUT2D eigenvalue weighted by Crippen LogP contribution is 2.30. The molecule has 0 radical (unpaired) electrons. The van der Waals surface area contributed by atoms with Crippen molar-refractivity contribution in [2.24, 2.45) is 5.73 Å². The van der Waals surface area contributed by atoms with Gasteiger partial charge in [-0.15, -0.1) is 22.7 Å². The number of nitrogens with zero attached hydrogens (tertiary/aromatic N) is 2. The van der Waals surface area contributed by atoms with Crippen molar-refractivity contribution in [2.45, 2.75) is 0 Å². The molecule has 1 saturated heterocycles. The van der Waals surface area contributed by atoms with E-state index in [-0.39, 0.29) is 18.4 Å². The van der Waals surface area contributed by atoms with E-state index in [0.717, 1.165) is 14.3 Å². The van der Waals surface area contributed by atoms with E-state index in [1.807, 2.05) is 22.4 Å². The second-order valence-corrected chi connectivity index (χ2v) is 6.67. The summed E-state index contributed by atoms with van der Waals surface area (Å²) >= 11 is 3.19. The normalized spacial score (nSPS) is 15.8. The Balaban J connectivity index is 1.67. The standard InChI is InChI=1S/C13H15N3O2S2/c14-8-12(17)15-2-4-16(5-3-15)13(18)11-7-10-9(20-11)1-6-19-10/h1,6-7H,2-5,8,14H2. The van der Waals surface area contributed by atoms with Gasteiger partial charge in [-0.2, -0.15) is 0 Å². The van der Waals surface area contributed by atoms with Gasteiger partial charge < -0.3 is 15.5 Å². The molecule has 2 aromatic heterocycles. The van der Waals surface area contributed by atoms with E-state index >= 15 is 0 Å². The van der Waals surface area contributed by atoms with Crippen LogP contribution in [0.4, 0.5) is 0 Å². The van der Waals surface area contributed by atoms with Crippen LogP contribution in [0.25, 0.3) is 9.40 Å². The zero-order valence-corrected chi connectivity index (χ0v) is 12.5. The highest BCUT2D eigenvalue weighted by Gasteiger charge is 2.25. The summed E-state index contributed by atoms with van der Waals surface area (Å²) in [5.74, 6) is 0.0204. The van der Waals surface area contributed by atoms with Crippen LogP contribution in [0.15, 0.2) is 17.5 Å². The number of hydrogen-bond donors (Lipinski definition) is 1. The number of carbonyl (C=O) groups is 2. The smallest absolute Gasteiger partial charge is 0.264 e. The first-order chi connectivity index (χ1) is 9.69. The third kappa shape index (κ3) is 2.44. The molecule has 106 valence electrons. The summed E-state index contributed by atoms with van der Waals surface area (Å²) in [6.45, 7) is 2.34. The van der Waals surface area contributed by atoms with Crippen LogP contribution in [0.2, 0.25) is 0 Å². The lowest BCUT2D eigenvalue weighted by atomic mass is 10.3. The van der Waals surface area contributed by atoms with Crippen LogP contribution >= 0.6 is 22.7 Å². The van der Waals surface area contributed by atoms with Crippen molar-refractivity contribution in [1.82, 2.24) is 9.80 Å². The lowest BCUT2D eigenvalue weighted by Crippen LogP contribution is -2.51. The molecule has 3 rings (SSSR count). The van der Waals surface area contributed by atoms with Crippen LogP contribution in [0, 0.1) is 0 Å². The van der Waals surface area contributed by atoms with Crippen LogP contribution in [0.3, 0.4) is 0 Å². The van der Waals surface area contributed by atoms with E-state index in [1.165, 1.54) is 11.3 Å². The number of carbonyl (C=O) groups excluding carboxylic acids is 2. The SMILES string of the molecule is NCC(=O)N1CCN(C(=O)c2cc3sccc3s2)CC1. The summed E-state index contributed by atoms with van der Waals surface area (Å²) in [7, 11) is 0. The van der Waals surface area contributed by atoms with Crippen molar-refractivity contribution in [3.8, 4) is 0 Å². The molecule has 0 spiro atoms. The Labute approximate surface area is 124 Å². The summed E-state index contributed by atoms with van der Waals surface area (Å²) in [4.78, 5) is 28.2. The summed E-state index contributed by atoms with van der Waals surface area (Å²) in [5.41, 5.74) is 5.35. The van der Waals surface area contributed by atoms with Gasteiger partial charge in [0.1, 0.15) is 0 Å². The zero-order chi connectivity index (χ0) is 14.1. The topological polar surface area (TPSA) is 66.6 Å². The maximum atomic E-state index is 12.4. The zero-order valence-electron chi connectivity index (χ0n) is 10.9. The fourth-order valence-electron chi connectivity index (χ4n) is 2.32. The number of amides is 2. The van der Waals surface area contributed by atoms with E-state index in [9.17, 15) is 9.59 Å². The first-order valence-electron chi connectivity index (χ1n) is 6.43. The molecular formula is C13H15N3O2S2. The molecule has 7 heteroatoms. The van der Waals surface area contributed by atoms with Crippen molar-refractivity contribution < 1.29 is 9.59 Å². The molecule has 2 N–H and O–H groups in total. The third-order valence-corrected chi connectivity index (χ3v) is 5.53. The number of piperazine rings is 1. The molecule has 0 saturated carbocycles. The van der Waals surface area contributed by atoms with Crippen LogP contribution in [-0.2, 0) is 4.79 Å². The Hall–Kier alpha value is -1.44. The van der Waals surface area contributed by atoms with Crippen LogP contribution in [0.5, 0.6) is 0 Å². The fourth-order valence-corrected chi connectivity index (χ4v) is 4.39. The molecule has 0 unspecified atom stereocenters. The van der Waals surface area contributed by atoms with Crippen molar-refractivity contribution in [3.63, 3.8) is 0 Å². The summed E-state index contributed by atoms with van der Waals surface area (Å²) < 4.78 is 2.32. The van der Waals surface area contributed by atoms with E-state index < -0.39 is 0 Å². The number of hydrogen-bond acceptors (Lipinski definition) is 5. The van der Waals surface area contributed by atoms with Crippen LogP contribution < -0.4 is 5.73 Å². The predicted molar refractivity (Wildman–Crippen MR) is 81.2 cm³/mol. The average molecular weight is 309 g/mol. The Bertz CT molecular complexity index is 612. The summed E-state index contributed by atoms with van der Waals surface area (Å²) in [5, 5.41) is 2.03. The average Bonchev–Trinajstić information content (AvgIpc) is 3.07.